The maximum absolute atomic E-state index is 12.8. The molecule has 0 bridgehead atoms. The van der Waals surface area contributed by atoms with Crippen molar-refractivity contribution in [2.24, 2.45) is 0 Å². The van der Waals surface area contributed by atoms with E-state index < -0.39 is 0 Å². The molecule has 0 heterocycles. The molecule has 0 aromatic heterocycles. The van der Waals surface area contributed by atoms with Crippen LogP contribution in [0.3, 0.4) is 0 Å². The Morgan fingerprint density at radius 3 is 2.52 bits per heavy atom. The maximum Gasteiger partial charge on any atom is 0.227 e. The summed E-state index contributed by atoms with van der Waals surface area (Å²) in [5.74, 6) is 0.132. The number of hydrogen-bond acceptors (Lipinski definition) is 3. The average Bonchev–Trinajstić information content (AvgIpc) is 2.61. The van der Waals surface area contributed by atoms with E-state index in [-0.39, 0.29) is 24.8 Å². The zero-order chi connectivity index (χ0) is 18.1. The molecule has 2 rings (SSSR count). The number of nitrogens with zero attached hydrogens (tertiary/aromatic N) is 1. The van der Waals surface area contributed by atoms with Crippen LogP contribution in [0.4, 0.5) is 10.1 Å². The number of anilines is 1. The van der Waals surface area contributed by atoms with E-state index in [1.807, 2.05) is 18.2 Å². The van der Waals surface area contributed by atoms with Crippen molar-refractivity contribution in [2.45, 2.75) is 26.8 Å². The van der Waals surface area contributed by atoms with Crippen LogP contribution in [0.1, 0.15) is 25.8 Å². The number of carbonyl (C=O) groups is 1. The minimum Gasteiger partial charge on any atom is -0.493 e. The smallest absolute Gasteiger partial charge is 0.227 e. The average molecular weight is 344 g/mol. The zero-order valence-corrected chi connectivity index (χ0v) is 14.8. The number of rotatable bonds is 9. The van der Waals surface area contributed by atoms with Gasteiger partial charge in [0.25, 0.3) is 0 Å². The minimum absolute atomic E-state index is 0.109. The number of benzene rings is 2. The van der Waals surface area contributed by atoms with Gasteiger partial charge in [0.05, 0.1) is 13.0 Å². The van der Waals surface area contributed by atoms with Gasteiger partial charge in [0.15, 0.2) is 0 Å². The largest absolute Gasteiger partial charge is 0.493 e. The monoisotopic (exact) mass is 344 g/mol. The van der Waals surface area contributed by atoms with Crippen LogP contribution in [0.25, 0.3) is 0 Å². The molecule has 2 aromatic carbocycles. The molecule has 0 fully saturated rings. The lowest BCUT2D eigenvalue weighted by Gasteiger charge is -2.18. The van der Waals surface area contributed by atoms with Gasteiger partial charge in [-0.05, 0) is 55.1 Å². The highest BCUT2D eigenvalue weighted by Crippen LogP contribution is 2.14. The van der Waals surface area contributed by atoms with E-state index in [4.69, 9.17) is 4.74 Å². The van der Waals surface area contributed by atoms with Crippen molar-refractivity contribution in [2.75, 3.05) is 25.0 Å². The molecular formula is C20H25FN2O2. The molecule has 0 aliphatic rings. The van der Waals surface area contributed by atoms with E-state index in [0.717, 1.165) is 25.3 Å². The quantitative estimate of drug-likeness (QED) is 0.745. The van der Waals surface area contributed by atoms with Crippen molar-refractivity contribution in [1.29, 1.82) is 0 Å². The van der Waals surface area contributed by atoms with Gasteiger partial charge in [0, 0.05) is 12.2 Å². The first-order chi connectivity index (χ1) is 12.1. The van der Waals surface area contributed by atoms with Gasteiger partial charge in [0.2, 0.25) is 5.91 Å². The summed E-state index contributed by atoms with van der Waals surface area (Å²) in [6.45, 7) is 7.37. The predicted octanol–water partition coefficient (Wildman–Crippen LogP) is 4.08. The van der Waals surface area contributed by atoms with Crippen LogP contribution in [0, 0.1) is 5.82 Å². The molecule has 0 aliphatic heterocycles. The Morgan fingerprint density at radius 2 is 1.84 bits per heavy atom. The molecule has 5 heteroatoms. The Balaban J connectivity index is 1.80. The molecule has 0 atom stereocenters. The maximum atomic E-state index is 12.8. The van der Waals surface area contributed by atoms with E-state index in [1.54, 1.807) is 12.1 Å². The third kappa shape index (κ3) is 6.55. The second-order valence-corrected chi connectivity index (χ2v) is 5.76. The van der Waals surface area contributed by atoms with Crippen molar-refractivity contribution in [3.8, 4) is 5.75 Å². The van der Waals surface area contributed by atoms with Crippen LogP contribution in [-0.2, 0) is 11.3 Å². The fourth-order valence-electron chi connectivity index (χ4n) is 2.47. The molecule has 0 aliphatic carbocycles. The van der Waals surface area contributed by atoms with E-state index in [0.29, 0.717) is 5.75 Å². The summed E-state index contributed by atoms with van der Waals surface area (Å²) in [5.41, 5.74) is 1.96. The molecule has 25 heavy (non-hydrogen) atoms. The highest BCUT2D eigenvalue weighted by Gasteiger charge is 2.06. The number of nitrogens with one attached hydrogen (secondary N) is 1. The van der Waals surface area contributed by atoms with E-state index in [2.05, 4.69) is 30.1 Å². The van der Waals surface area contributed by atoms with Gasteiger partial charge >= 0.3 is 0 Å². The lowest BCUT2D eigenvalue weighted by atomic mass is 10.2. The summed E-state index contributed by atoms with van der Waals surface area (Å²) in [7, 11) is 0. The molecule has 0 saturated carbocycles. The first kappa shape index (κ1) is 18.9. The Labute approximate surface area is 148 Å². The lowest BCUT2D eigenvalue weighted by molar-refractivity contribution is -0.116. The van der Waals surface area contributed by atoms with Crippen LogP contribution in [-0.4, -0.2) is 30.5 Å². The summed E-state index contributed by atoms with van der Waals surface area (Å²) in [5, 5.41) is 2.89. The SMILES string of the molecule is CCN(CC)Cc1cccc(NC(=O)CCOc2ccc(F)cc2)c1. The third-order valence-electron chi connectivity index (χ3n) is 3.92. The fourth-order valence-corrected chi connectivity index (χ4v) is 2.47. The molecule has 1 N–H and O–H groups in total. The first-order valence-electron chi connectivity index (χ1n) is 8.60. The molecule has 134 valence electrons. The van der Waals surface area contributed by atoms with Gasteiger partial charge in [-0.2, -0.15) is 0 Å². The molecule has 0 radical (unpaired) electrons. The first-order valence-corrected chi connectivity index (χ1v) is 8.60. The van der Waals surface area contributed by atoms with Crippen molar-refractivity contribution in [3.63, 3.8) is 0 Å². The Morgan fingerprint density at radius 1 is 1.12 bits per heavy atom. The number of carbonyl (C=O) groups excluding carboxylic acids is 1. The second-order valence-electron chi connectivity index (χ2n) is 5.76. The second kappa shape index (κ2) is 9.79. The van der Waals surface area contributed by atoms with Crippen molar-refractivity contribution < 1.29 is 13.9 Å². The van der Waals surface area contributed by atoms with Crippen LogP contribution >= 0.6 is 0 Å². The van der Waals surface area contributed by atoms with Crippen molar-refractivity contribution in [1.82, 2.24) is 4.90 Å². The molecule has 1 amide bonds. The predicted molar refractivity (Wildman–Crippen MR) is 98.2 cm³/mol. The third-order valence-corrected chi connectivity index (χ3v) is 3.92. The summed E-state index contributed by atoms with van der Waals surface area (Å²) in [4.78, 5) is 14.4. The van der Waals surface area contributed by atoms with Gasteiger partial charge in [-0.15, -0.1) is 0 Å². The minimum atomic E-state index is -0.310. The Bertz CT molecular complexity index is 670. The molecule has 0 saturated heterocycles. The van der Waals surface area contributed by atoms with E-state index in [9.17, 15) is 9.18 Å². The molecule has 0 spiro atoms. The summed E-state index contributed by atoms with van der Waals surface area (Å²) in [6, 6.07) is 13.6. The van der Waals surface area contributed by atoms with Crippen molar-refractivity contribution >= 4 is 11.6 Å². The highest BCUT2D eigenvalue weighted by molar-refractivity contribution is 5.90. The van der Waals surface area contributed by atoms with Crippen LogP contribution in [0.2, 0.25) is 0 Å². The highest BCUT2D eigenvalue weighted by atomic mass is 19.1. The zero-order valence-electron chi connectivity index (χ0n) is 14.8. The molecule has 0 unspecified atom stereocenters. The summed E-state index contributed by atoms with van der Waals surface area (Å²) >= 11 is 0. The lowest BCUT2D eigenvalue weighted by Crippen LogP contribution is -2.22. The molecule has 4 nitrogen and oxygen atoms in total. The number of halogens is 1. The Kier molecular flexibility index (Phi) is 7.41. The molecule has 2 aromatic rings. The van der Waals surface area contributed by atoms with Crippen LogP contribution < -0.4 is 10.1 Å². The number of hydrogen-bond donors (Lipinski definition) is 1. The van der Waals surface area contributed by atoms with E-state index in [1.165, 1.54) is 17.7 Å². The van der Waals surface area contributed by atoms with Gasteiger partial charge < -0.3 is 10.1 Å². The van der Waals surface area contributed by atoms with Crippen molar-refractivity contribution in [3.05, 3.63) is 59.9 Å². The normalized spacial score (nSPS) is 10.7. The number of amides is 1. The van der Waals surface area contributed by atoms with Gasteiger partial charge in [-0.3, -0.25) is 9.69 Å². The Hall–Kier alpha value is -2.40. The summed E-state index contributed by atoms with van der Waals surface area (Å²) in [6.07, 6.45) is 0.234. The van der Waals surface area contributed by atoms with Gasteiger partial charge in [0.1, 0.15) is 11.6 Å². The molecular weight excluding hydrogens is 319 g/mol. The topological polar surface area (TPSA) is 41.6 Å². The fraction of sp³-hybridized carbons (Fsp3) is 0.350. The van der Waals surface area contributed by atoms with Crippen LogP contribution in [0.5, 0.6) is 5.75 Å². The number of ether oxygens (including phenoxy) is 1. The van der Waals surface area contributed by atoms with E-state index >= 15 is 0 Å². The van der Waals surface area contributed by atoms with Crippen LogP contribution in [0.15, 0.2) is 48.5 Å². The summed E-state index contributed by atoms with van der Waals surface area (Å²) < 4.78 is 18.3. The standard InChI is InChI=1S/C20H25FN2O2/c1-3-23(4-2)15-16-6-5-7-18(14-16)22-20(24)12-13-25-19-10-8-17(21)9-11-19/h5-11,14H,3-4,12-13,15H2,1-2H3,(H,22,24). The van der Waals surface area contributed by atoms with Gasteiger partial charge in [-0.25, -0.2) is 4.39 Å². The van der Waals surface area contributed by atoms with Gasteiger partial charge in [-0.1, -0.05) is 26.0 Å².